The molecule has 1 fully saturated rings. The molecular weight excluding hydrogens is 278 g/mol. The van der Waals surface area contributed by atoms with E-state index in [4.69, 9.17) is 9.72 Å². The van der Waals surface area contributed by atoms with Crippen LogP contribution in [0.1, 0.15) is 37.6 Å². The summed E-state index contributed by atoms with van der Waals surface area (Å²) in [5.41, 5.74) is 3.08. The average Bonchev–Trinajstić information content (AvgIpc) is 2.96. The van der Waals surface area contributed by atoms with Gasteiger partial charge in [0.15, 0.2) is 0 Å². The van der Waals surface area contributed by atoms with Crippen LogP contribution in [0.3, 0.4) is 0 Å². The third-order valence-electron chi connectivity index (χ3n) is 4.52. The Hall–Kier alpha value is -1.46. The molecule has 0 bridgehead atoms. The number of hydrogen-bond donors (Lipinski definition) is 0. The Morgan fingerprint density at radius 1 is 1.36 bits per heavy atom. The molecule has 5 nitrogen and oxygen atoms in total. The molecule has 1 aromatic rings. The molecule has 0 radical (unpaired) electrons. The Morgan fingerprint density at radius 2 is 2.18 bits per heavy atom. The van der Waals surface area contributed by atoms with Crippen molar-refractivity contribution in [2.75, 3.05) is 38.3 Å². The number of hydrogen-bond acceptors (Lipinski definition) is 4. The van der Waals surface area contributed by atoms with Crippen LogP contribution in [-0.4, -0.2) is 49.1 Å². The lowest BCUT2D eigenvalue weighted by molar-refractivity contribution is -0.122. The number of nitrogens with zero attached hydrogens (tertiary/aromatic N) is 3. The van der Waals surface area contributed by atoms with Crippen LogP contribution in [0.15, 0.2) is 12.1 Å². The highest BCUT2D eigenvalue weighted by atomic mass is 16.5. The molecule has 2 aliphatic heterocycles. The number of rotatable bonds is 2. The van der Waals surface area contributed by atoms with Gasteiger partial charge in [0.25, 0.3) is 0 Å². The maximum absolute atomic E-state index is 12.8. The van der Waals surface area contributed by atoms with E-state index in [0.29, 0.717) is 19.1 Å². The molecule has 0 spiro atoms. The summed E-state index contributed by atoms with van der Waals surface area (Å²) in [6.45, 7) is 7.93. The highest BCUT2D eigenvalue weighted by Gasteiger charge is 2.31. The second-order valence-electron chi connectivity index (χ2n) is 6.64. The van der Waals surface area contributed by atoms with Gasteiger partial charge in [0.05, 0.1) is 23.9 Å². The van der Waals surface area contributed by atoms with E-state index in [1.165, 1.54) is 0 Å². The van der Waals surface area contributed by atoms with Crippen molar-refractivity contribution in [1.29, 1.82) is 0 Å². The zero-order valence-corrected chi connectivity index (χ0v) is 13.7. The highest BCUT2D eigenvalue weighted by Crippen LogP contribution is 2.28. The second-order valence-corrected chi connectivity index (χ2v) is 6.64. The number of ether oxygens (including phenoxy) is 1. The summed E-state index contributed by atoms with van der Waals surface area (Å²) >= 11 is 0. The van der Waals surface area contributed by atoms with Crippen molar-refractivity contribution < 1.29 is 9.53 Å². The normalized spacial score (nSPS) is 22.7. The predicted molar refractivity (Wildman–Crippen MR) is 85.9 cm³/mol. The number of fused-ring (bicyclic) bond motifs is 1. The largest absolute Gasteiger partial charge is 0.381 e. The molecule has 0 aromatic carbocycles. The zero-order chi connectivity index (χ0) is 15.7. The molecule has 3 rings (SSSR count). The molecule has 1 amide bonds. The van der Waals surface area contributed by atoms with E-state index < -0.39 is 0 Å². The molecule has 2 aliphatic rings. The SMILES string of the molecule is CC(C)c1ccc2c(n1)CN(C)CCN2C(=O)C1CCOC1. The van der Waals surface area contributed by atoms with Gasteiger partial charge in [-0.05, 0) is 31.5 Å². The van der Waals surface area contributed by atoms with Crippen LogP contribution < -0.4 is 4.90 Å². The molecule has 120 valence electrons. The van der Waals surface area contributed by atoms with E-state index in [-0.39, 0.29) is 11.8 Å². The molecule has 0 N–H and O–H groups in total. The van der Waals surface area contributed by atoms with Crippen LogP contribution in [0.5, 0.6) is 0 Å². The van der Waals surface area contributed by atoms with E-state index in [2.05, 4.69) is 37.9 Å². The molecule has 5 heteroatoms. The summed E-state index contributed by atoms with van der Waals surface area (Å²) in [5.74, 6) is 0.584. The van der Waals surface area contributed by atoms with E-state index >= 15 is 0 Å². The summed E-state index contributed by atoms with van der Waals surface area (Å²) in [6, 6.07) is 4.13. The smallest absolute Gasteiger partial charge is 0.232 e. The number of likely N-dealkylation sites (N-methyl/N-ethyl adjacent to an activating group) is 1. The number of carbonyl (C=O) groups excluding carboxylic acids is 1. The van der Waals surface area contributed by atoms with Gasteiger partial charge < -0.3 is 9.64 Å². The van der Waals surface area contributed by atoms with Gasteiger partial charge in [-0.3, -0.25) is 14.7 Å². The maximum Gasteiger partial charge on any atom is 0.232 e. The van der Waals surface area contributed by atoms with Gasteiger partial charge in [0, 0.05) is 31.9 Å². The minimum atomic E-state index is 0.000955. The van der Waals surface area contributed by atoms with Gasteiger partial charge in [-0.1, -0.05) is 13.8 Å². The van der Waals surface area contributed by atoms with Crippen molar-refractivity contribution in [3.8, 4) is 0 Å². The summed E-state index contributed by atoms with van der Waals surface area (Å²) in [5, 5.41) is 0. The second kappa shape index (κ2) is 6.34. The average molecular weight is 303 g/mol. The topological polar surface area (TPSA) is 45.7 Å². The third-order valence-corrected chi connectivity index (χ3v) is 4.52. The standard InChI is InChI=1S/C17H25N3O2/c1-12(2)14-4-5-16-15(18-14)10-19(3)7-8-20(16)17(21)13-6-9-22-11-13/h4-5,12-13H,6-11H2,1-3H3. The lowest BCUT2D eigenvalue weighted by atomic mass is 10.1. The summed E-state index contributed by atoms with van der Waals surface area (Å²) < 4.78 is 5.39. The summed E-state index contributed by atoms with van der Waals surface area (Å²) in [4.78, 5) is 21.8. The van der Waals surface area contributed by atoms with Crippen molar-refractivity contribution in [1.82, 2.24) is 9.88 Å². The fourth-order valence-electron chi connectivity index (χ4n) is 3.10. The van der Waals surface area contributed by atoms with Crippen LogP contribution >= 0.6 is 0 Å². The van der Waals surface area contributed by atoms with Crippen LogP contribution in [0.25, 0.3) is 0 Å². The van der Waals surface area contributed by atoms with Crippen molar-refractivity contribution in [3.63, 3.8) is 0 Å². The van der Waals surface area contributed by atoms with Crippen molar-refractivity contribution in [2.45, 2.75) is 32.7 Å². The lowest BCUT2D eigenvalue weighted by Crippen LogP contribution is -2.39. The fourth-order valence-corrected chi connectivity index (χ4v) is 3.10. The molecule has 3 heterocycles. The van der Waals surface area contributed by atoms with Crippen molar-refractivity contribution in [2.24, 2.45) is 5.92 Å². The molecule has 1 saturated heterocycles. The van der Waals surface area contributed by atoms with Crippen LogP contribution in [-0.2, 0) is 16.1 Å². The quantitative estimate of drug-likeness (QED) is 0.838. The van der Waals surface area contributed by atoms with Gasteiger partial charge in [0.1, 0.15) is 0 Å². The number of anilines is 1. The molecule has 0 aliphatic carbocycles. The van der Waals surface area contributed by atoms with Crippen LogP contribution in [0, 0.1) is 5.92 Å². The Bertz CT molecular complexity index is 553. The van der Waals surface area contributed by atoms with E-state index in [1.807, 2.05) is 4.90 Å². The predicted octanol–water partition coefficient (Wildman–Crippen LogP) is 2.02. The maximum atomic E-state index is 12.8. The van der Waals surface area contributed by atoms with E-state index in [1.54, 1.807) is 0 Å². The number of aromatic nitrogens is 1. The number of amides is 1. The van der Waals surface area contributed by atoms with Crippen molar-refractivity contribution in [3.05, 3.63) is 23.5 Å². The molecule has 0 saturated carbocycles. The first-order valence-electron chi connectivity index (χ1n) is 8.13. The first-order valence-corrected chi connectivity index (χ1v) is 8.13. The van der Waals surface area contributed by atoms with Gasteiger partial charge in [-0.25, -0.2) is 0 Å². The first-order chi connectivity index (χ1) is 10.6. The minimum absolute atomic E-state index is 0.000955. The minimum Gasteiger partial charge on any atom is -0.381 e. The number of carbonyl (C=O) groups is 1. The molecule has 1 atom stereocenters. The Kier molecular flexibility index (Phi) is 4.45. The monoisotopic (exact) mass is 303 g/mol. The Labute approximate surface area is 132 Å². The number of pyridine rings is 1. The van der Waals surface area contributed by atoms with E-state index in [0.717, 1.165) is 43.1 Å². The van der Waals surface area contributed by atoms with Gasteiger partial charge in [0.2, 0.25) is 5.91 Å². The molecule has 1 aromatic heterocycles. The Morgan fingerprint density at radius 3 is 2.86 bits per heavy atom. The van der Waals surface area contributed by atoms with Crippen molar-refractivity contribution >= 4 is 11.6 Å². The lowest BCUT2D eigenvalue weighted by Gasteiger charge is -2.25. The fraction of sp³-hybridized carbons (Fsp3) is 0.647. The summed E-state index contributed by atoms with van der Waals surface area (Å²) in [7, 11) is 2.08. The molecule has 22 heavy (non-hydrogen) atoms. The van der Waals surface area contributed by atoms with Crippen LogP contribution in [0.4, 0.5) is 5.69 Å². The first kappa shape index (κ1) is 15.4. The zero-order valence-electron chi connectivity index (χ0n) is 13.7. The third kappa shape index (κ3) is 3.01. The van der Waals surface area contributed by atoms with Crippen LogP contribution in [0.2, 0.25) is 0 Å². The van der Waals surface area contributed by atoms with Gasteiger partial charge in [-0.15, -0.1) is 0 Å². The molecular formula is C17H25N3O2. The van der Waals surface area contributed by atoms with Gasteiger partial charge >= 0.3 is 0 Å². The Balaban J connectivity index is 1.94. The summed E-state index contributed by atoms with van der Waals surface area (Å²) in [6.07, 6.45) is 0.831. The van der Waals surface area contributed by atoms with E-state index in [9.17, 15) is 4.79 Å². The molecule has 1 unspecified atom stereocenters. The highest BCUT2D eigenvalue weighted by molar-refractivity contribution is 5.96. The van der Waals surface area contributed by atoms with Gasteiger partial charge in [-0.2, -0.15) is 0 Å².